The number of aromatic amines is 1. The Hall–Kier alpha value is -4.22. The lowest BCUT2D eigenvalue weighted by atomic mass is 9.64. The molecule has 1 aromatic heterocycles. The standard InChI is InChI=1S/C31H32N2O8/c1-18-17-33(30(38)32-28(18)37)29-25(35)24(34)26(41-29)27(36)31(19-7-5-4-6-8-19,20-9-13-22(39-2)14-10-20)21-11-15-23(40-3)16-12-21/h4-17,24-27,29,34-36H,1-3H3,(H,32,37,38)/t24-,25+,26-,27?,29+/m0/s1. The van der Waals surface area contributed by atoms with Crippen LogP contribution in [0, 0.1) is 6.92 Å². The third-order valence-corrected chi connectivity index (χ3v) is 7.77. The fourth-order valence-electron chi connectivity index (χ4n) is 5.62. The van der Waals surface area contributed by atoms with Crippen molar-refractivity contribution >= 4 is 0 Å². The first kappa shape index (κ1) is 28.3. The zero-order chi connectivity index (χ0) is 29.3. The fraction of sp³-hybridized carbons (Fsp3) is 0.290. The Bertz CT molecular complexity index is 1550. The SMILES string of the molecule is COc1ccc(C(c2ccccc2)(c2ccc(OC)cc2)C(O)[C@H]2O[C@@H](n3cc(C)c(=O)[nH]c3=O)[C@H](O)[C@@H]2O)cc1. The van der Waals surface area contributed by atoms with Crippen molar-refractivity contribution in [3.8, 4) is 11.5 Å². The second kappa shape index (κ2) is 11.3. The maximum atomic E-state index is 12.6. The molecule has 5 atom stereocenters. The molecular formula is C31H32N2O8. The summed E-state index contributed by atoms with van der Waals surface area (Å²) in [6.45, 7) is 1.51. The summed E-state index contributed by atoms with van der Waals surface area (Å²) in [5.74, 6) is 1.22. The molecule has 0 spiro atoms. The van der Waals surface area contributed by atoms with E-state index in [1.165, 1.54) is 13.1 Å². The van der Waals surface area contributed by atoms with Gasteiger partial charge in [0, 0.05) is 11.8 Å². The molecule has 41 heavy (non-hydrogen) atoms. The Morgan fingerprint density at radius 3 is 1.85 bits per heavy atom. The van der Waals surface area contributed by atoms with Gasteiger partial charge < -0.3 is 29.5 Å². The van der Waals surface area contributed by atoms with Crippen LogP contribution in [0.3, 0.4) is 0 Å². The lowest BCUT2D eigenvalue weighted by molar-refractivity contribution is -0.0993. The molecule has 1 aliphatic heterocycles. The van der Waals surface area contributed by atoms with Gasteiger partial charge in [0.25, 0.3) is 5.56 Å². The first-order valence-corrected chi connectivity index (χ1v) is 13.1. The number of nitrogens with one attached hydrogen (secondary N) is 1. The van der Waals surface area contributed by atoms with Crippen molar-refractivity contribution in [1.29, 1.82) is 0 Å². The molecule has 1 saturated heterocycles. The van der Waals surface area contributed by atoms with Crippen molar-refractivity contribution in [3.63, 3.8) is 0 Å². The zero-order valence-electron chi connectivity index (χ0n) is 22.8. The van der Waals surface area contributed by atoms with E-state index in [9.17, 15) is 24.9 Å². The van der Waals surface area contributed by atoms with E-state index in [4.69, 9.17) is 14.2 Å². The van der Waals surface area contributed by atoms with Crippen molar-refractivity contribution < 1.29 is 29.5 Å². The highest BCUT2D eigenvalue weighted by molar-refractivity contribution is 5.54. The van der Waals surface area contributed by atoms with Gasteiger partial charge in [-0.2, -0.15) is 0 Å². The van der Waals surface area contributed by atoms with Gasteiger partial charge in [0.2, 0.25) is 0 Å². The van der Waals surface area contributed by atoms with E-state index in [0.29, 0.717) is 28.2 Å². The van der Waals surface area contributed by atoms with Crippen molar-refractivity contribution in [2.75, 3.05) is 14.2 Å². The van der Waals surface area contributed by atoms with Crippen LogP contribution in [0.1, 0.15) is 28.5 Å². The third kappa shape index (κ3) is 4.85. The molecule has 2 heterocycles. The number of aliphatic hydroxyl groups is 3. The summed E-state index contributed by atoms with van der Waals surface area (Å²) in [5, 5.41) is 34.7. The number of methoxy groups -OCH3 is 2. The summed E-state index contributed by atoms with van der Waals surface area (Å²) in [4.78, 5) is 26.8. The zero-order valence-corrected chi connectivity index (χ0v) is 22.8. The van der Waals surface area contributed by atoms with Crippen LogP contribution in [0.15, 0.2) is 94.6 Å². The molecule has 3 aromatic carbocycles. The number of nitrogens with zero attached hydrogens (tertiary/aromatic N) is 1. The molecule has 4 aromatic rings. The molecule has 10 heteroatoms. The second-order valence-corrected chi connectivity index (χ2v) is 10.0. The molecule has 10 nitrogen and oxygen atoms in total. The number of aromatic nitrogens is 2. The van der Waals surface area contributed by atoms with Crippen molar-refractivity contribution in [1.82, 2.24) is 9.55 Å². The van der Waals surface area contributed by atoms with Crippen LogP contribution in [0.5, 0.6) is 11.5 Å². The predicted octanol–water partition coefficient (Wildman–Crippen LogP) is 1.88. The number of H-pyrrole nitrogens is 1. The van der Waals surface area contributed by atoms with Crippen LogP contribution >= 0.6 is 0 Å². The van der Waals surface area contributed by atoms with E-state index in [1.807, 2.05) is 54.6 Å². The van der Waals surface area contributed by atoms with Crippen LogP contribution in [0.25, 0.3) is 0 Å². The number of ether oxygens (including phenoxy) is 3. The van der Waals surface area contributed by atoms with Gasteiger partial charge in [-0.05, 0) is 47.9 Å². The Morgan fingerprint density at radius 2 is 1.34 bits per heavy atom. The Labute approximate surface area is 236 Å². The predicted molar refractivity (Wildman–Crippen MR) is 150 cm³/mol. The Morgan fingerprint density at radius 1 is 0.829 bits per heavy atom. The molecule has 5 rings (SSSR count). The molecule has 1 aliphatic rings. The molecule has 1 fully saturated rings. The average molecular weight is 561 g/mol. The van der Waals surface area contributed by atoms with Crippen molar-refractivity contribution in [3.05, 3.63) is 128 Å². The first-order valence-electron chi connectivity index (χ1n) is 13.1. The number of aliphatic hydroxyl groups excluding tert-OH is 3. The molecule has 0 amide bonds. The van der Waals surface area contributed by atoms with Gasteiger partial charge in [0.1, 0.15) is 35.9 Å². The quantitative estimate of drug-likeness (QED) is 0.239. The molecule has 1 unspecified atom stereocenters. The molecule has 0 saturated carbocycles. The topological polar surface area (TPSA) is 143 Å². The van der Waals surface area contributed by atoms with E-state index in [1.54, 1.807) is 38.5 Å². The molecule has 0 bridgehead atoms. The van der Waals surface area contributed by atoms with Gasteiger partial charge in [-0.3, -0.25) is 14.3 Å². The summed E-state index contributed by atoms with van der Waals surface area (Å²) in [6, 6.07) is 23.7. The van der Waals surface area contributed by atoms with E-state index in [0.717, 1.165) is 4.57 Å². The van der Waals surface area contributed by atoms with Gasteiger partial charge in [-0.15, -0.1) is 0 Å². The van der Waals surface area contributed by atoms with Crippen LogP contribution < -0.4 is 20.7 Å². The van der Waals surface area contributed by atoms with Crippen LogP contribution in [-0.4, -0.2) is 63.5 Å². The monoisotopic (exact) mass is 560 g/mol. The minimum atomic E-state index is -1.59. The number of benzene rings is 3. The lowest BCUT2D eigenvalue weighted by Gasteiger charge is -2.42. The van der Waals surface area contributed by atoms with E-state index in [-0.39, 0.29) is 5.56 Å². The van der Waals surface area contributed by atoms with Gasteiger partial charge in [0.05, 0.1) is 19.6 Å². The highest BCUT2D eigenvalue weighted by Crippen LogP contribution is 2.47. The number of aryl methyl sites for hydroxylation is 1. The van der Waals surface area contributed by atoms with Gasteiger partial charge in [-0.1, -0.05) is 54.6 Å². The summed E-state index contributed by atoms with van der Waals surface area (Å²) >= 11 is 0. The highest BCUT2D eigenvalue weighted by Gasteiger charge is 2.55. The lowest BCUT2D eigenvalue weighted by Crippen LogP contribution is -2.52. The Balaban J connectivity index is 1.71. The summed E-state index contributed by atoms with van der Waals surface area (Å²) in [7, 11) is 3.12. The largest absolute Gasteiger partial charge is 0.497 e. The van der Waals surface area contributed by atoms with Gasteiger partial charge >= 0.3 is 5.69 Å². The third-order valence-electron chi connectivity index (χ3n) is 7.77. The molecular weight excluding hydrogens is 528 g/mol. The van der Waals surface area contributed by atoms with E-state index in [2.05, 4.69) is 4.98 Å². The smallest absolute Gasteiger partial charge is 0.330 e. The summed E-state index contributed by atoms with van der Waals surface area (Å²) in [6.07, 6.45) is -6.13. The van der Waals surface area contributed by atoms with Crippen LogP contribution in [0.4, 0.5) is 0 Å². The highest BCUT2D eigenvalue weighted by atomic mass is 16.6. The fourth-order valence-corrected chi connectivity index (χ4v) is 5.62. The first-order chi connectivity index (χ1) is 19.7. The second-order valence-electron chi connectivity index (χ2n) is 10.0. The number of rotatable bonds is 8. The number of hydrogen-bond acceptors (Lipinski definition) is 8. The van der Waals surface area contributed by atoms with Crippen molar-refractivity contribution in [2.45, 2.75) is 43.0 Å². The normalized spacial score (nSPS) is 21.4. The van der Waals surface area contributed by atoms with Crippen molar-refractivity contribution in [2.24, 2.45) is 0 Å². The molecule has 4 N–H and O–H groups in total. The van der Waals surface area contributed by atoms with Gasteiger partial charge in [-0.25, -0.2) is 4.79 Å². The minimum Gasteiger partial charge on any atom is -0.497 e. The molecule has 0 radical (unpaired) electrons. The maximum absolute atomic E-state index is 12.6. The molecule has 0 aliphatic carbocycles. The molecule has 214 valence electrons. The van der Waals surface area contributed by atoms with E-state index >= 15 is 0 Å². The maximum Gasteiger partial charge on any atom is 0.330 e. The van der Waals surface area contributed by atoms with Crippen LogP contribution in [-0.2, 0) is 10.2 Å². The van der Waals surface area contributed by atoms with Crippen LogP contribution in [0.2, 0.25) is 0 Å². The minimum absolute atomic E-state index is 0.217. The number of hydrogen-bond donors (Lipinski definition) is 4. The van der Waals surface area contributed by atoms with E-state index < -0.39 is 47.3 Å². The average Bonchev–Trinajstić information content (AvgIpc) is 3.30. The summed E-state index contributed by atoms with van der Waals surface area (Å²) in [5.41, 5.74) is -0.487. The Kier molecular flexibility index (Phi) is 7.83. The summed E-state index contributed by atoms with van der Waals surface area (Å²) < 4.78 is 17.9. The van der Waals surface area contributed by atoms with Gasteiger partial charge in [0.15, 0.2) is 6.23 Å².